The third-order valence-corrected chi connectivity index (χ3v) is 7.04. The first-order valence-corrected chi connectivity index (χ1v) is 11.4. The van der Waals surface area contributed by atoms with Gasteiger partial charge in [-0.1, -0.05) is 64.0 Å². The molecule has 25 heavy (non-hydrogen) atoms. The lowest BCUT2D eigenvalue weighted by Crippen LogP contribution is -2.33. The maximum absolute atomic E-state index is 13.2. The van der Waals surface area contributed by atoms with E-state index in [9.17, 15) is 8.42 Å². The molecule has 1 aromatic carbocycles. The molecule has 1 rings (SSSR count). The fourth-order valence-corrected chi connectivity index (χ4v) is 4.98. The summed E-state index contributed by atoms with van der Waals surface area (Å²) in [5, 5.41) is 0.619. The number of hydrogen-bond donors (Lipinski definition) is 0. The quantitative estimate of drug-likeness (QED) is 0.406. The fraction of sp³-hybridized carbons (Fsp3) is 0.700. The van der Waals surface area contributed by atoms with E-state index in [0.29, 0.717) is 23.0 Å². The van der Waals surface area contributed by atoms with Crippen molar-refractivity contribution >= 4 is 21.6 Å². The van der Waals surface area contributed by atoms with Crippen LogP contribution in [0.15, 0.2) is 17.0 Å². The lowest BCUT2D eigenvalue weighted by Gasteiger charge is -2.23. The second-order valence-electron chi connectivity index (χ2n) is 6.89. The second-order valence-corrected chi connectivity index (χ2v) is 9.21. The van der Waals surface area contributed by atoms with Gasteiger partial charge in [-0.15, -0.1) is 0 Å². The molecular weight excluding hydrogens is 354 g/mol. The average molecular weight is 388 g/mol. The summed E-state index contributed by atoms with van der Waals surface area (Å²) in [7, 11) is -3.47. The molecule has 0 bridgehead atoms. The van der Waals surface area contributed by atoms with E-state index in [2.05, 4.69) is 13.8 Å². The monoisotopic (exact) mass is 387 g/mol. The molecule has 0 atom stereocenters. The predicted molar refractivity (Wildman–Crippen MR) is 108 cm³/mol. The number of nitrogens with zero attached hydrogens (tertiary/aromatic N) is 1. The van der Waals surface area contributed by atoms with E-state index in [4.69, 9.17) is 11.6 Å². The van der Waals surface area contributed by atoms with Gasteiger partial charge in [-0.3, -0.25) is 0 Å². The van der Waals surface area contributed by atoms with Gasteiger partial charge in [0.1, 0.15) is 0 Å². The van der Waals surface area contributed by atoms with Gasteiger partial charge in [-0.2, -0.15) is 4.31 Å². The van der Waals surface area contributed by atoms with Crippen LogP contribution in [0.5, 0.6) is 0 Å². The number of hydrogen-bond acceptors (Lipinski definition) is 2. The first kappa shape index (κ1) is 22.5. The van der Waals surface area contributed by atoms with Crippen LogP contribution in [-0.2, 0) is 10.0 Å². The molecule has 0 saturated carbocycles. The van der Waals surface area contributed by atoms with Crippen molar-refractivity contribution in [3.63, 3.8) is 0 Å². The smallest absolute Gasteiger partial charge is 0.207 e. The van der Waals surface area contributed by atoms with Crippen LogP contribution in [0.2, 0.25) is 5.02 Å². The largest absolute Gasteiger partial charge is 0.243 e. The molecule has 0 spiro atoms. The summed E-state index contributed by atoms with van der Waals surface area (Å²) in [6.07, 6.45) is 8.62. The van der Waals surface area contributed by atoms with Crippen LogP contribution in [0.25, 0.3) is 0 Å². The molecule has 0 aliphatic heterocycles. The van der Waals surface area contributed by atoms with E-state index in [0.717, 1.165) is 62.5 Å². The average Bonchev–Trinajstić information content (AvgIpc) is 2.56. The van der Waals surface area contributed by atoms with Gasteiger partial charge in [-0.05, 0) is 49.9 Å². The number of sulfonamides is 1. The van der Waals surface area contributed by atoms with Crippen LogP contribution < -0.4 is 0 Å². The Morgan fingerprint density at radius 1 is 0.840 bits per heavy atom. The minimum atomic E-state index is -3.47. The molecule has 0 radical (unpaired) electrons. The van der Waals surface area contributed by atoms with Crippen LogP contribution in [0.4, 0.5) is 0 Å². The zero-order valence-electron chi connectivity index (χ0n) is 16.3. The summed E-state index contributed by atoms with van der Waals surface area (Å²) in [4.78, 5) is 0.403. The fourth-order valence-electron chi connectivity index (χ4n) is 2.95. The summed E-state index contributed by atoms with van der Waals surface area (Å²) in [6, 6.07) is 3.48. The minimum absolute atomic E-state index is 0.403. The van der Waals surface area contributed by atoms with Gasteiger partial charge in [0.15, 0.2) is 0 Å². The zero-order valence-corrected chi connectivity index (χ0v) is 17.8. The van der Waals surface area contributed by atoms with E-state index >= 15 is 0 Å². The Hall–Kier alpha value is -0.580. The summed E-state index contributed by atoms with van der Waals surface area (Å²) >= 11 is 6.14. The Morgan fingerprint density at radius 2 is 1.36 bits per heavy atom. The number of halogens is 1. The Balaban J connectivity index is 2.97. The molecule has 0 aliphatic carbocycles. The number of unbranched alkanes of at least 4 members (excludes halogenated alkanes) is 6. The van der Waals surface area contributed by atoms with Gasteiger partial charge in [0.25, 0.3) is 0 Å². The molecule has 0 unspecified atom stereocenters. The van der Waals surface area contributed by atoms with Crippen LogP contribution in [0.1, 0.15) is 76.3 Å². The maximum Gasteiger partial charge on any atom is 0.243 e. The van der Waals surface area contributed by atoms with Crippen LogP contribution in [0.3, 0.4) is 0 Å². The molecule has 5 heteroatoms. The van der Waals surface area contributed by atoms with Crippen LogP contribution in [0, 0.1) is 13.8 Å². The summed E-state index contributed by atoms with van der Waals surface area (Å²) in [6.45, 7) is 9.22. The Kier molecular flexibility index (Phi) is 10.1. The Bertz CT molecular complexity index is 617. The molecule has 0 amide bonds. The Morgan fingerprint density at radius 3 is 1.84 bits per heavy atom. The molecule has 0 aromatic heterocycles. The van der Waals surface area contributed by atoms with E-state index in [1.54, 1.807) is 16.4 Å². The van der Waals surface area contributed by atoms with Crippen molar-refractivity contribution in [3.8, 4) is 0 Å². The summed E-state index contributed by atoms with van der Waals surface area (Å²) in [5.74, 6) is 0. The van der Waals surface area contributed by atoms with Crippen LogP contribution in [-0.4, -0.2) is 25.8 Å². The molecule has 0 aliphatic rings. The zero-order chi connectivity index (χ0) is 18.9. The molecule has 144 valence electrons. The van der Waals surface area contributed by atoms with E-state index in [-0.39, 0.29) is 0 Å². The highest BCUT2D eigenvalue weighted by Crippen LogP contribution is 2.27. The van der Waals surface area contributed by atoms with E-state index < -0.39 is 10.0 Å². The lowest BCUT2D eigenvalue weighted by atomic mass is 10.2. The van der Waals surface area contributed by atoms with Gasteiger partial charge < -0.3 is 0 Å². The number of rotatable bonds is 12. The SMILES string of the molecule is CCCCCCN(CCCCCC)S(=O)(=O)c1cc(C)c(Cl)cc1C. The van der Waals surface area contributed by atoms with Crippen LogP contribution >= 0.6 is 11.6 Å². The van der Waals surface area contributed by atoms with Crippen molar-refractivity contribution in [3.05, 3.63) is 28.3 Å². The molecule has 3 nitrogen and oxygen atoms in total. The van der Waals surface area contributed by atoms with E-state index in [1.165, 1.54) is 0 Å². The van der Waals surface area contributed by atoms with Gasteiger partial charge in [0.2, 0.25) is 10.0 Å². The van der Waals surface area contributed by atoms with Crippen molar-refractivity contribution in [1.82, 2.24) is 4.31 Å². The molecule has 0 fully saturated rings. The van der Waals surface area contributed by atoms with Gasteiger partial charge in [-0.25, -0.2) is 8.42 Å². The second kappa shape index (κ2) is 11.2. The normalized spacial score (nSPS) is 12.1. The molecule has 0 heterocycles. The minimum Gasteiger partial charge on any atom is -0.207 e. The number of benzene rings is 1. The van der Waals surface area contributed by atoms with Gasteiger partial charge >= 0.3 is 0 Å². The van der Waals surface area contributed by atoms with Crippen molar-refractivity contribution in [1.29, 1.82) is 0 Å². The highest BCUT2D eigenvalue weighted by molar-refractivity contribution is 7.89. The summed E-state index contributed by atoms with van der Waals surface area (Å²) in [5.41, 5.74) is 1.53. The van der Waals surface area contributed by atoms with E-state index in [1.807, 2.05) is 13.8 Å². The summed E-state index contributed by atoms with van der Waals surface area (Å²) < 4.78 is 28.1. The van der Waals surface area contributed by atoms with Crippen molar-refractivity contribution in [2.45, 2.75) is 84.0 Å². The molecular formula is C20H34ClNO2S. The van der Waals surface area contributed by atoms with Gasteiger partial charge in [0, 0.05) is 18.1 Å². The first-order chi connectivity index (χ1) is 11.8. The predicted octanol–water partition coefficient (Wildman–Crippen LogP) is 6.11. The van der Waals surface area contributed by atoms with Crippen molar-refractivity contribution < 1.29 is 8.42 Å². The number of aryl methyl sites for hydroxylation is 2. The van der Waals surface area contributed by atoms with Gasteiger partial charge in [0.05, 0.1) is 4.90 Å². The van der Waals surface area contributed by atoms with Crippen molar-refractivity contribution in [2.24, 2.45) is 0 Å². The standard InChI is InChI=1S/C20H34ClNO2S/c1-5-7-9-11-13-22(14-12-10-8-6-2)25(23,24)20-16-17(3)19(21)15-18(20)4/h15-16H,5-14H2,1-4H3. The lowest BCUT2D eigenvalue weighted by molar-refractivity contribution is 0.385. The highest BCUT2D eigenvalue weighted by Gasteiger charge is 2.26. The third kappa shape index (κ3) is 6.92. The Labute approximate surface area is 159 Å². The first-order valence-electron chi connectivity index (χ1n) is 9.61. The van der Waals surface area contributed by atoms with Crippen molar-refractivity contribution in [2.75, 3.05) is 13.1 Å². The molecule has 0 saturated heterocycles. The molecule has 0 N–H and O–H groups in total. The topological polar surface area (TPSA) is 37.4 Å². The maximum atomic E-state index is 13.2. The molecule has 1 aromatic rings. The third-order valence-electron chi connectivity index (χ3n) is 4.60. The highest BCUT2D eigenvalue weighted by atomic mass is 35.5.